The zero-order chi connectivity index (χ0) is 20.5. The first-order chi connectivity index (χ1) is 14.1. The first-order valence-electron chi connectivity index (χ1n) is 8.69. The van der Waals surface area contributed by atoms with Crippen LogP contribution in [0.4, 0.5) is 5.69 Å². The second-order valence-electron chi connectivity index (χ2n) is 6.13. The minimum absolute atomic E-state index is 0.162. The minimum atomic E-state index is -0.519. The van der Waals surface area contributed by atoms with Crippen LogP contribution in [0.5, 0.6) is 0 Å². The lowest BCUT2D eigenvalue weighted by molar-refractivity contribution is 0.0607. The van der Waals surface area contributed by atoms with Crippen LogP contribution in [0.25, 0.3) is 26.7 Å². The van der Waals surface area contributed by atoms with Gasteiger partial charge in [0.25, 0.3) is 5.56 Å². The number of nitrogens with zero attached hydrogens (tertiary/aromatic N) is 2. The Hall–Kier alpha value is -3.10. The number of ether oxygens (including phenoxy) is 1. The molecule has 0 aliphatic carbocycles. The fraction of sp³-hybridized carbons (Fsp3) is 0.0952. The molecule has 0 amide bonds. The van der Waals surface area contributed by atoms with Gasteiger partial charge in [-0.25, -0.2) is 9.79 Å². The third kappa shape index (κ3) is 3.20. The van der Waals surface area contributed by atoms with Crippen LogP contribution >= 0.6 is 23.1 Å². The number of nitrogens with two attached hydrogens (primary N) is 1. The summed E-state index contributed by atoms with van der Waals surface area (Å²) in [5, 5.41) is 2.28. The molecule has 6 nitrogen and oxygen atoms in total. The van der Waals surface area contributed by atoms with E-state index in [0.29, 0.717) is 37.0 Å². The maximum absolute atomic E-state index is 13.4. The van der Waals surface area contributed by atoms with Crippen molar-refractivity contribution in [3.8, 4) is 5.69 Å². The van der Waals surface area contributed by atoms with Crippen LogP contribution in [0.3, 0.4) is 0 Å². The summed E-state index contributed by atoms with van der Waals surface area (Å²) >= 11 is 2.46. The van der Waals surface area contributed by atoms with E-state index in [4.69, 9.17) is 10.5 Å². The fourth-order valence-electron chi connectivity index (χ4n) is 3.22. The van der Waals surface area contributed by atoms with Gasteiger partial charge in [-0.2, -0.15) is 0 Å². The lowest BCUT2D eigenvalue weighted by atomic mass is 10.1. The number of pyridine rings is 1. The van der Waals surface area contributed by atoms with Crippen molar-refractivity contribution in [2.45, 2.75) is 0 Å². The number of hydrogen-bond acceptors (Lipinski definition) is 6. The minimum Gasteiger partial charge on any atom is -0.465 e. The van der Waals surface area contributed by atoms with Gasteiger partial charge in [0.05, 0.1) is 12.8 Å². The summed E-state index contributed by atoms with van der Waals surface area (Å²) in [4.78, 5) is 31.3. The molecule has 8 heteroatoms. The van der Waals surface area contributed by atoms with Crippen molar-refractivity contribution in [1.82, 2.24) is 4.57 Å². The molecule has 0 aliphatic heterocycles. The first kappa shape index (κ1) is 19.2. The van der Waals surface area contributed by atoms with Crippen molar-refractivity contribution in [2.75, 3.05) is 13.4 Å². The number of benzene rings is 2. The van der Waals surface area contributed by atoms with Crippen molar-refractivity contribution in [3.05, 3.63) is 69.8 Å². The third-order valence-corrected chi connectivity index (χ3v) is 6.17. The molecule has 0 aliphatic rings. The molecule has 0 bridgehead atoms. The van der Waals surface area contributed by atoms with Crippen LogP contribution in [0.2, 0.25) is 0 Å². The number of thiophene rings is 1. The van der Waals surface area contributed by atoms with Gasteiger partial charge in [-0.3, -0.25) is 9.36 Å². The Kier molecular flexibility index (Phi) is 5.12. The van der Waals surface area contributed by atoms with Gasteiger partial charge < -0.3 is 10.5 Å². The predicted molar refractivity (Wildman–Crippen MR) is 121 cm³/mol. The van der Waals surface area contributed by atoms with Gasteiger partial charge >= 0.3 is 5.97 Å². The molecule has 0 spiro atoms. The van der Waals surface area contributed by atoms with E-state index in [1.807, 2.05) is 54.8 Å². The Morgan fingerprint density at radius 1 is 1.10 bits per heavy atom. The summed E-state index contributed by atoms with van der Waals surface area (Å²) in [6.45, 7) is 0. The summed E-state index contributed by atoms with van der Waals surface area (Å²) in [6, 6.07) is 16.6. The van der Waals surface area contributed by atoms with E-state index in [2.05, 4.69) is 4.99 Å². The Bertz CT molecular complexity index is 1320. The number of carbonyl (C=O) groups excluding carboxylic acids is 1. The molecule has 0 unspecified atom stereocenters. The highest BCUT2D eigenvalue weighted by atomic mass is 32.2. The molecular formula is C21H17N3O3S2. The number of hydrogen-bond donors (Lipinski definition) is 1. The molecular weight excluding hydrogens is 406 g/mol. The quantitative estimate of drug-likeness (QED) is 0.302. The predicted octanol–water partition coefficient (Wildman–Crippen LogP) is 4.30. The molecule has 0 atom stereocenters. The monoisotopic (exact) mass is 423 g/mol. The molecule has 0 fully saturated rings. The Morgan fingerprint density at radius 3 is 2.41 bits per heavy atom. The highest BCUT2D eigenvalue weighted by molar-refractivity contribution is 8.13. The number of aromatic nitrogens is 1. The topological polar surface area (TPSA) is 86.7 Å². The van der Waals surface area contributed by atoms with E-state index in [0.717, 1.165) is 5.39 Å². The van der Waals surface area contributed by atoms with Gasteiger partial charge in [-0.05, 0) is 29.8 Å². The molecule has 2 aromatic heterocycles. The molecule has 0 radical (unpaired) electrons. The molecule has 0 saturated heterocycles. The van der Waals surface area contributed by atoms with Gasteiger partial charge in [0.1, 0.15) is 15.4 Å². The normalized spacial score (nSPS) is 11.9. The smallest absolute Gasteiger partial charge is 0.350 e. The zero-order valence-corrected chi connectivity index (χ0v) is 17.3. The average molecular weight is 424 g/mol. The number of rotatable bonds is 3. The van der Waals surface area contributed by atoms with E-state index < -0.39 is 5.97 Å². The van der Waals surface area contributed by atoms with Crippen molar-refractivity contribution < 1.29 is 9.53 Å². The van der Waals surface area contributed by atoms with Crippen molar-refractivity contribution in [1.29, 1.82) is 0 Å². The summed E-state index contributed by atoms with van der Waals surface area (Å²) in [7, 11) is 1.32. The zero-order valence-electron chi connectivity index (χ0n) is 15.7. The molecule has 2 heterocycles. The third-order valence-electron chi connectivity index (χ3n) is 4.51. The number of thioether (sulfide) groups is 1. The summed E-state index contributed by atoms with van der Waals surface area (Å²) in [5.74, 6) is -0.519. The maximum Gasteiger partial charge on any atom is 0.350 e. The van der Waals surface area contributed by atoms with Crippen LogP contribution in [0.1, 0.15) is 9.67 Å². The lowest BCUT2D eigenvalue weighted by Gasteiger charge is -2.10. The van der Waals surface area contributed by atoms with Crippen molar-refractivity contribution in [3.63, 3.8) is 0 Å². The number of carbonyl (C=O) groups is 1. The Balaban J connectivity index is 2.27. The molecule has 29 heavy (non-hydrogen) atoms. The Labute approximate surface area is 174 Å². The summed E-state index contributed by atoms with van der Waals surface area (Å²) in [6.07, 6.45) is 1.81. The number of fused-ring (bicyclic) bond motifs is 3. The second-order valence-corrected chi connectivity index (χ2v) is 7.95. The van der Waals surface area contributed by atoms with Crippen LogP contribution < -0.4 is 11.3 Å². The number of esters is 1. The van der Waals surface area contributed by atoms with Gasteiger partial charge in [-0.15, -0.1) is 11.3 Å². The van der Waals surface area contributed by atoms with E-state index in [1.165, 1.54) is 30.2 Å². The van der Waals surface area contributed by atoms with Crippen LogP contribution in [0.15, 0.2) is 64.4 Å². The Morgan fingerprint density at radius 2 is 1.76 bits per heavy atom. The van der Waals surface area contributed by atoms with E-state index >= 15 is 0 Å². The van der Waals surface area contributed by atoms with E-state index in [1.54, 1.807) is 10.6 Å². The van der Waals surface area contributed by atoms with Crippen LogP contribution in [-0.2, 0) is 4.74 Å². The van der Waals surface area contributed by atoms with Crippen molar-refractivity contribution >= 4 is 60.9 Å². The average Bonchev–Trinajstić information content (AvgIpc) is 3.12. The molecule has 4 rings (SSSR count). The first-order valence-corrected chi connectivity index (χ1v) is 10.7. The summed E-state index contributed by atoms with van der Waals surface area (Å²) < 4.78 is 6.59. The highest BCUT2D eigenvalue weighted by Crippen LogP contribution is 2.42. The van der Waals surface area contributed by atoms with Gasteiger partial charge in [-0.1, -0.05) is 48.2 Å². The largest absolute Gasteiger partial charge is 0.465 e. The number of aliphatic imine (C=N–C) groups is 1. The lowest BCUT2D eigenvalue weighted by Crippen LogP contribution is -2.18. The summed E-state index contributed by atoms with van der Waals surface area (Å²) in [5.41, 5.74) is 6.95. The van der Waals surface area contributed by atoms with Crippen LogP contribution in [0, 0.1) is 0 Å². The molecule has 2 N–H and O–H groups in total. The second kappa shape index (κ2) is 7.73. The van der Waals surface area contributed by atoms with Crippen molar-refractivity contribution in [2.24, 2.45) is 10.7 Å². The van der Waals surface area contributed by atoms with Gasteiger partial charge in [0, 0.05) is 10.8 Å². The fourth-order valence-corrected chi connectivity index (χ4v) is 4.59. The van der Waals surface area contributed by atoms with Crippen LogP contribution in [-0.4, -0.2) is 29.1 Å². The molecule has 2 aromatic carbocycles. The number of methoxy groups -OCH3 is 1. The number of amidine groups is 1. The maximum atomic E-state index is 13.4. The number of para-hydroxylation sites is 1. The molecule has 146 valence electrons. The standard InChI is InChI=1S/C21H17N3O3S2/c1-27-20(26)17-16(23-21(22)28-2)15-13-10-6-7-11-14(13)18(25)24(19(15)29-17)12-8-4-3-5-9-12/h3-11H,1-2H3,(H2,22,23). The van der Waals surface area contributed by atoms with Gasteiger partial charge in [0.2, 0.25) is 0 Å². The van der Waals surface area contributed by atoms with E-state index in [9.17, 15) is 9.59 Å². The SMILES string of the molecule is COC(=O)c1sc2c(c1N=C(N)SC)c1ccccc1c(=O)n2-c1ccccc1. The molecule has 4 aromatic rings. The highest BCUT2D eigenvalue weighted by Gasteiger charge is 2.25. The molecule has 0 saturated carbocycles. The van der Waals surface area contributed by atoms with E-state index in [-0.39, 0.29) is 5.56 Å². The van der Waals surface area contributed by atoms with Gasteiger partial charge in [0.15, 0.2) is 5.17 Å².